The first-order valence-electron chi connectivity index (χ1n) is 11.5. The van der Waals surface area contributed by atoms with E-state index in [0.29, 0.717) is 22.9 Å². The SMILES string of the molecule is C/C(C#N)=C/c1ccc(-c2ccc(-c3sc(-c4ccc(-c5ccc(C=C(C#N)C#N)o5)s4)c(C)c3C)s2)o1. The molecule has 0 radical (unpaired) electrons. The van der Waals surface area contributed by atoms with Crippen LogP contribution < -0.4 is 0 Å². The summed E-state index contributed by atoms with van der Waals surface area (Å²) >= 11 is 5.12. The van der Waals surface area contributed by atoms with Gasteiger partial charge in [-0.15, -0.1) is 34.0 Å². The van der Waals surface area contributed by atoms with Crippen molar-refractivity contribution in [1.29, 1.82) is 15.8 Å². The minimum atomic E-state index is 0.00476. The summed E-state index contributed by atoms with van der Waals surface area (Å²) in [5.41, 5.74) is 3.11. The standard InChI is InChI=1S/C30H19N3O2S3/c1-17(14-31)12-21-4-6-23(34-21)25-8-10-27(36-25)29-18(2)19(3)30(38-29)28-11-9-26(37-28)24-7-5-22(35-24)13-20(15-32)16-33/h4-13H,1-3H3/b17-12-. The fourth-order valence-corrected chi connectivity index (χ4v) is 7.44. The van der Waals surface area contributed by atoms with E-state index in [1.165, 1.54) is 31.8 Å². The topological polar surface area (TPSA) is 97.7 Å². The summed E-state index contributed by atoms with van der Waals surface area (Å²) in [6.07, 6.45) is 3.18. The number of nitrogens with zero attached hydrogens (tertiary/aromatic N) is 3. The Balaban J connectivity index is 1.42. The highest BCUT2D eigenvalue weighted by Gasteiger charge is 2.19. The van der Waals surface area contributed by atoms with Crippen LogP contribution in [0.1, 0.15) is 29.6 Å². The molecule has 0 atom stereocenters. The third-order valence-corrected chi connectivity index (χ3v) is 9.86. The molecule has 8 heteroatoms. The van der Waals surface area contributed by atoms with Crippen molar-refractivity contribution >= 4 is 46.2 Å². The van der Waals surface area contributed by atoms with E-state index in [0.717, 1.165) is 20.4 Å². The average molecular weight is 550 g/mol. The first kappa shape index (κ1) is 25.3. The first-order chi connectivity index (χ1) is 18.4. The molecule has 0 amide bonds. The number of thiophene rings is 3. The van der Waals surface area contributed by atoms with Gasteiger partial charge in [0.05, 0.1) is 15.8 Å². The summed E-state index contributed by atoms with van der Waals surface area (Å²) < 4.78 is 11.8. The van der Waals surface area contributed by atoms with Crippen LogP contribution in [0.2, 0.25) is 0 Å². The Hall–Kier alpha value is -4.39. The van der Waals surface area contributed by atoms with E-state index in [1.807, 2.05) is 36.4 Å². The zero-order valence-electron chi connectivity index (χ0n) is 20.7. The second-order valence-corrected chi connectivity index (χ2v) is 11.7. The van der Waals surface area contributed by atoms with Crippen molar-refractivity contribution in [3.8, 4) is 59.0 Å². The van der Waals surface area contributed by atoms with Crippen LogP contribution in [0, 0.1) is 47.8 Å². The van der Waals surface area contributed by atoms with Gasteiger partial charge in [0, 0.05) is 31.2 Å². The first-order valence-corrected chi connectivity index (χ1v) is 14.0. The second kappa shape index (κ2) is 10.5. The van der Waals surface area contributed by atoms with Gasteiger partial charge in [-0.1, -0.05) is 0 Å². The van der Waals surface area contributed by atoms with Crippen molar-refractivity contribution in [3.63, 3.8) is 0 Å². The molecule has 0 aliphatic heterocycles. The zero-order valence-corrected chi connectivity index (χ0v) is 23.1. The van der Waals surface area contributed by atoms with Gasteiger partial charge >= 0.3 is 0 Å². The molecule has 0 aliphatic carbocycles. The maximum absolute atomic E-state index is 9.01. The molecule has 0 spiro atoms. The van der Waals surface area contributed by atoms with Gasteiger partial charge in [0.15, 0.2) is 0 Å². The summed E-state index contributed by atoms with van der Waals surface area (Å²) in [6.45, 7) is 6.07. The van der Waals surface area contributed by atoms with Crippen LogP contribution in [0.15, 0.2) is 68.5 Å². The minimum absolute atomic E-state index is 0.00476. The van der Waals surface area contributed by atoms with Crippen LogP contribution >= 0.6 is 34.0 Å². The highest BCUT2D eigenvalue weighted by molar-refractivity contribution is 7.28. The summed E-state index contributed by atoms with van der Waals surface area (Å²) in [7, 11) is 0. The predicted molar refractivity (Wildman–Crippen MR) is 154 cm³/mol. The molecular formula is C30H19N3O2S3. The summed E-state index contributed by atoms with van der Waals surface area (Å²) in [4.78, 5) is 6.83. The van der Waals surface area contributed by atoms with Crippen molar-refractivity contribution < 1.29 is 8.83 Å². The molecule has 0 fully saturated rings. The quantitative estimate of drug-likeness (QED) is 0.196. The summed E-state index contributed by atoms with van der Waals surface area (Å²) in [6, 6.07) is 21.6. The Kier molecular flexibility index (Phi) is 7.01. The second-order valence-electron chi connectivity index (χ2n) is 8.46. The Morgan fingerprint density at radius 1 is 0.632 bits per heavy atom. The Bertz CT molecular complexity index is 1830. The van der Waals surface area contributed by atoms with Crippen LogP contribution in [0.3, 0.4) is 0 Å². The highest BCUT2D eigenvalue weighted by Crippen LogP contribution is 2.47. The van der Waals surface area contributed by atoms with E-state index >= 15 is 0 Å². The normalized spacial score (nSPS) is 11.1. The fourth-order valence-electron chi connectivity index (χ4n) is 3.85. The molecule has 5 aromatic rings. The molecule has 0 saturated carbocycles. The van der Waals surface area contributed by atoms with Crippen LogP contribution in [-0.4, -0.2) is 0 Å². The van der Waals surface area contributed by atoms with Crippen molar-refractivity contribution in [3.05, 3.63) is 82.3 Å². The van der Waals surface area contributed by atoms with Gasteiger partial charge in [-0.2, -0.15) is 15.8 Å². The van der Waals surface area contributed by atoms with E-state index in [2.05, 4.69) is 38.1 Å². The molecular weight excluding hydrogens is 531 g/mol. The summed E-state index contributed by atoms with van der Waals surface area (Å²) in [5.74, 6) is 2.64. The van der Waals surface area contributed by atoms with E-state index in [9.17, 15) is 0 Å². The van der Waals surface area contributed by atoms with Crippen molar-refractivity contribution in [2.45, 2.75) is 20.8 Å². The molecule has 0 N–H and O–H groups in total. The number of furan rings is 2. The van der Waals surface area contributed by atoms with E-state index < -0.39 is 0 Å². The lowest BCUT2D eigenvalue weighted by molar-refractivity contribution is 0.572. The van der Waals surface area contributed by atoms with Crippen molar-refractivity contribution in [1.82, 2.24) is 0 Å². The molecule has 5 nitrogen and oxygen atoms in total. The minimum Gasteiger partial charge on any atom is -0.456 e. The van der Waals surface area contributed by atoms with Crippen LogP contribution in [-0.2, 0) is 0 Å². The van der Waals surface area contributed by atoms with Crippen LogP contribution in [0.4, 0.5) is 0 Å². The molecule has 0 unspecified atom stereocenters. The molecule has 0 saturated heterocycles. The van der Waals surface area contributed by atoms with Gasteiger partial charge in [0.1, 0.15) is 40.8 Å². The lowest BCUT2D eigenvalue weighted by Gasteiger charge is -1.96. The summed E-state index contributed by atoms with van der Waals surface area (Å²) in [5, 5.41) is 27.0. The van der Waals surface area contributed by atoms with E-state index in [1.54, 1.807) is 53.1 Å². The molecule has 5 aromatic heterocycles. The maximum Gasteiger partial charge on any atom is 0.144 e. The van der Waals surface area contributed by atoms with E-state index in [4.69, 9.17) is 24.6 Å². The monoisotopic (exact) mass is 549 g/mol. The number of nitriles is 3. The third kappa shape index (κ3) is 4.92. The predicted octanol–water partition coefficient (Wildman–Crippen LogP) is 9.70. The molecule has 0 bridgehead atoms. The number of hydrogen-bond donors (Lipinski definition) is 0. The Labute approximate surface area is 232 Å². The molecule has 0 aromatic carbocycles. The highest BCUT2D eigenvalue weighted by atomic mass is 32.1. The van der Waals surface area contributed by atoms with Gasteiger partial charge in [-0.05, 0) is 86.5 Å². The molecule has 5 heterocycles. The molecule has 184 valence electrons. The van der Waals surface area contributed by atoms with E-state index in [-0.39, 0.29) is 5.57 Å². The number of hydrogen-bond acceptors (Lipinski definition) is 8. The van der Waals surface area contributed by atoms with Gasteiger partial charge < -0.3 is 8.83 Å². The molecule has 0 aliphatic rings. The lowest BCUT2D eigenvalue weighted by Crippen LogP contribution is -1.75. The zero-order chi connectivity index (χ0) is 26.8. The lowest BCUT2D eigenvalue weighted by atomic mass is 10.1. The van der Waals surface area contributed by atoms with Gasteiger partial charge in [-0.3, -0.25) is 0 Å². The van der Waals surface area contributed by atoms with Gasteiger partial charge in [-0.25, -0.2) is 0 Å². The fraction of sp³-hybridized carbons (Fsp3) is 0.100. The van der Waals surface area contributed by atoms with Crippen molar-refractivity contribution in [2.75, 3.05) is 0 Å². The average Bonchev–Trinajstić information content (AvgIpc) is 3.74. The van der Waals surface area contributed by atoms with Crippen molar-refractivity contribution in [2.24, 2.45) is 0 Å². The Morgan fingerprint density at radius 3 is 1.58 bits per heavy atom. The maximum atomic E-state index is 9.01. The smallest absolute Gasteiger partial charge is 0.144 e. The van der Waals surface area contributed by atoms with Crippen LogP contribution in [0.25, 0.3) is 52.9 Å². The van der Waals surface area contributed by atoms with Gasteiger partial charge in [0.25, 0.3) is 0 Å². The van der Waals surface area contributed by atoms with Crippen LogP contribution in [0.5, 0.6) is 0 Å². The van der Waals surface area contributed by atoms with Gasteiger partial charge in [0.2, 0.25) is 0 Å². The Morgan fingerprint density at radius 2 is 1.11 bits per heavy atom. The number of rotatable bonds is 6. The molecule has 38 heavy (non-hydrogen) atoms. The largest absolute Gasteiger partial charge is 0.456 e. The number of allylic oxidation sites excluding steroid dienone is 2. The molecule has 5 rings (SSSR count). The third-order valence-electron chi connectivity index (χ3n) is 5.91.